The van der Waals surface area contributed by atoms with Crippen LogP contribution in [0.15, 0.2) is 29.2 Å². The van der Waals surface area contributed by atoms with Gasteiger partial charge in [-0.3, -0.25) is 4.21 Å². The molecule has 2 nitrogen and oxygen atoms in total. The minimum atomic E-state index is -1.07. The van der Waals surface area contributed by atoms with Gasteiger partial charge in [0, 0.05) is 16.0 Å². The number of hydrogen-bond acceptors (Lipinski definition) is 2. The van der Waals surface area contributed by atoms with Crippen LogP contribution in [0, 0.1) is 5.41 Å². The minimum Gasteiger partial charge on any atom is -0.327 e. The molecule has 1 aliphatic carbocycles. The fourth-order valence-corrected chi connectivity index (χ4v) is 4.66. The smallest absolute Gasteiger partial charge is 0.0577 e. The Morgan fingerprint density at radius 1 is 1.44 bits per heavy atom. The molecule has 0 spiro atoms. The van der Waals surface area contributed by atoms with E-state index in [2.05, 4.69) is 13.8 Å². The van der Waals surface area contributed by atoms with Crippen molar-refractivity contribution in [2.75, 3.05) is 0 Å². The molecule has 4 heteroatoms. The van der Waals surface area contributed by atoms with Crippen LogP contribution in [0.5, 0.6) is 0 Å². The van der Waals surface area contributed by atoms with Crippen molar-refractivity contribution in [3.8, 4) is 0 Å². The highest BCUT2D eigenvalue weighted by Crippen LogP contribution is 2.38. The van der Waals surface area contributed by atoms with Gasteiger partial charge in [-0.05, 0) is 42.9 Å². The number of rotatable bonds is 2. The molecule has 1 fully saturated rings. The third-order valence-electron chi connectivity index (χ3n) is 3.69. The van der Waals surface area contributed by atoms with Gasteiger partial charge in [0.2, 0.25) is 0 Å². The first-order chi connectivity index (χ1) is 8.39. The third-order valence-corrected chi connectivity index (χ3v) is 5.71. The molecule has 1 aliphatic rings. The molecule has 0 aromatic heterocycles. The van der Waals surface area contributed by atoms with E-state index in [0.717, 1.165) is 24.2 Å². The Bertz CT molecular complexity index is 461. The lowest BCUT2D eigenvalue weighted by atomic mass is 9.75. The Kier molecular flexibility index (Phi) is 4.15. The van der Waals surface area contributed by atoms with E-state index in [1.54, 1.807) is 12.1 Å². The van der Waals surface area contributed by atoms with E-state index in [0.29, 0.717) is 5.02 Å². The monoisotopic (exact) mass is 285 g/mol. The highest BCUT2D eigenvalue weighted by molar-refractivity contribution is 7.85. The lowest BCUT2D eigenvalue weighted by molar-refractivity contribution is 0.230. The fraction of sp³-hybridized carbons (Fsp3) is 0.571. The average molecular weight is 286 g/mol. The van der Waals surface area contributed by atoms with Crippen LogP contribution in [0.2, 0.25) is 5.02 Å². The second kappa shape index (κ2) is 5.32. The van der Waals surface area contributed by atoms with Gasteiger partial charge in [0.25, 0.3) is 0 Å². The normalized spacial score (nSPS) is 28.9. The van der Waals surface area contributed by atoms with Gasteiger partial charge in [-0.15, -0.1) is 0 Å². The van der Waals surface area contributed by atoms with Crippen molar-refractivity contribution in [2.24, 2.45) is 11.1 Å². The topological polar surface area (TPSA) is 43.1 Å². The molecule has 0 heterocycles. The summed E-state index contributed by atoms with van der Waals surface area (Å²) in [4.78, 5) is 0.792. The highest BCUT2D eigenvalue weighted by atomic mass is 35.5. The van der Waals surface area contributed by atoms with E-state index >= 15 is 0 Å². The van der Waals surface area contributed by atoms with Crippen molar-refractivity contribution < 1.29 is 4.21 Å². The third kappa shape index (κ3) is 3.14. The van der Waals surface area contributed by atoms with Gasteiger partial charge in [0.05, 0.1) is 16.0 Å². The molecule has 1 saturated carbocycles. The summed E-state index contributed by atoms with van der Waals surface area (Å²) in [5, 5.41) is 0.664. The molecule has 0 aliphatic heterocycles. The van der Waals surface area contributed by atoms with Gasteiger partial charge in [0.1, 0.15) is 0 Å². The highest BCUT2D eigenvalue weighted by Gasteiger charge is 2.36. The SMILES string of the molecule is CC1(C)CCC(N)C(S(=O)c2cccc(Cl)c2)C1. The van der Waals surface area contributed by atoms with Crippen LogP contribution in [-0.4, -0.2) is 15.5 Å². The molecule has 18 heavy (non-hydrogen) atoms. The first kappa shape index (κ1) is 14.0. The maximum absolute atomic E-state index is 12.6. The molecule has 100 valence electrons. The van der Waals surface area contributed by atoms with Gasteiger partial charge in [-0.2, -0.15) is 0 Å². The quantitative estimate of drug-likeness (QED) is 0.905. The zero-order valence-electron chi connectivity index (χ0n) is 10.9. The summed E-state index contributed by atoms with van der Waals surface area (Å²) in [6.07, 6.45) is 2.97. The second-order valence-corrected chi connectivity index (χ2v) is 7.97. The Hall–Kier alpha value is -0.380. The lowest BCUT2D eigenvalue weighted by Crippen LogP contribution is -2.45. The summed E-state index contributed by atoms with van der Waals surface area (Å²) in [5.41, 5.74) is 6.38. The Morgan fingerprint density at radius 2 is 2.17 bits per heavy atom. The molecular formula is C14H20ClNOS. The lowest BCUT2D eigenvalue weighted by Gasteiger charge is -2.38. The standard InChI is InChI=1S/C14H20ClNOS/c1-14(2)7-6-12(16)13(9-14)18(17)11-5-3-4-10(15)8-11/h3-5,8,12-13H,6-7,9,16H2,1-2H3. The van der Waals surface area contributed by atoms with Crippen molar-refractivity contribution in [3.63, 3.8) is 0 Å². The maximum Gasteiger partial charge on any atom is 0.0577 e. The number of hydrogen-bond donors (Lipinski definition) is 1. The van der Waals surface area contributed by atoms with Crippen LogP contribution in [0.1, 0.15) is 33.1 Å². The first-order valence-corrected chi connectivity index (χ1v) is 7.90. The van der Waals surface area contributed by atoms with Crippen LogP contribution in [0.4, 0.5) is 0 Å². The molecule has 2 rings (SSSR count). The van der Waals surface area contributed by atoms with Crippen molar-refractivity contribution >= 4 is 22.4 Å². The first-order valence-electron chi connectivity index (χ1n) is 6.31. The summed E-state index contributed by atoms with van der Waals surface area (Å²) in [5.74, 6) is 0. The summed E-state index contributed by atoms with van der Waals surface area (Å²) < 4.78 is 12.6. The minimum absolute atomic E-state index is 0.0258. The molecule has 3 atom stereocenters. The summed E-state index contributed by atoms with van der Waals surface area (Å²) in [6, 6.07) is 7.32. The van der Waals surface area contributed by atoms with Crippen LogP contribution in [-0.2, 0) is 10.8 Å². The van der Waals surface area contributed by atoms with E-state index < -0.39 is 10.8 Å². The van der Waals surface area contributed by atoms with E-state index in [9.17, 15) is 4.21 Å². The van der Waals surface area contributed by atoms with Gasteiger partial charge in [-0.25, -0.2) is 0 Å². The van der Waals surface area contributed by atoms with Gasteiger partial charge in [0.15, 0.2) is 0 Å². The zero-order chi connectivity index (χ0) is 13.3. The molecule has 1 aromatic rings. The van der Waals surface area contributed by atoms with Crippen LogP contribution < -0.4 is 5.73 Å². The molecular weight excluding hydrogens is 266 g/mol. The number of halogens is 1. The molecule has 1 aromatic carbocycles. The van der Waals surface area contributed by atoms with Gasteiger partial charge in [-0.1, -0.05) is 31.5 Å². The van der Waals surface area contributed by atoms with Gasteiger partial charge < -0.3 is 5.73 Å². The predicted octanol–water partition coefficient (Wildman–Crippen LogP) is 3.35. The number of benzene rings is 1. The maximum atomic E-state index is 12.6. The predicted molar refractivity (Wildman–Crippen MR) is 77.3 cm³/mol. The number of nitrogens with two attached hydrogens (primary N) is 1. The molecule has 0 amide bonds. The summed E-state index contributed by atoms with van der Waals surface area (Å²) in [7, 11) is -1.07. The van der Waals surface area contributed by atoms with E-state index in [-0.39, 0.29) is 16.7 Å². The summed E-state index contributed by atoms with van der Waals surface area (Å²) >= 11 is 5.95. The molecule has 0 saturated heterocycles. The van der Waals surface area contributed by atoms with Gasteiger partial charge >= 0.3 is 0 Å². The Morgan fingerprint density at radius 3 is 2.83 bits per heavy atom. The Balaban J connectivity index is 2.22. The second-order valence-electron chi connectivity index (χ2n) is 5.86. The molecule has 3 unspecified atom stereocenters. The van der Waals surface area contributed by atoms with Crippen LogP contribution in [0.25, 0.3) is 0 Å². The molecule has 0 radical (unpaired) electrons. The van der Waals surface area contributed by atoms with Crippen molar-refractivity contribution in [2.45, 2.75) is 49.3 Å². The molecule has 2 N–H and O–H groups in total. The summed E-state index contributed by atoms with van der Waals surface area (Å²) in [6.45, 7) is 4.45. The van der Waals surface area contributed by atoms with Crippen LogP contribution in [0.3, 0.4) is 0 Å². The van der Waals surface area contributed by atoms with E-state index in [4.69, 9.17) is 17.3 Å². The average Bonchev–Trinajstić information content (AvgIpc) is 2.31. The van der Waals surface area contributed by atoms with Crippen LogP contribution >= 0.6 is 11.6 Å². The Labute approximate surface area is 116 Å². The zero-order valence-corrected chi connectivity index (χ0v) is 12.4. The fourth-order valence-electron chi connectivity index (χ4n) is 2.54. The molecule has 0 bridgehead atoms. The van der Waals surface area contributed by atoms with E-state index in [1.807, 2.05) is 12.1 Å². The van der Waals surface area contributed by atoms with E-state index in [1.165, 1.54) is 0 Å². The van der Waals surface area contributed by atoms with Crippen molar-refractivity contribution in [1.82, 2.24) is 0 Å². The van der Waals surface area contributed by atoms with Crippen molar-refractivity contribution in [3.05, 3.63) is 29.3 Å². The largest absolute Gasteiger partial charge is 0.327 e. The van der Waals surface area contributed by atoms with Crippen molar-refractivity contribution in [1.29, 1.82) is 0 Å².